The summed E-state index contributed by atoms with van der Waals surface area (Å²) in [4.78, 5) is 24.5. The van der Waals surface area contributed by atoms with Gasteiger partial charge >= 0.3 is 5.97 Å². The van der Waals surface area contributed by atoms with E-state index >= 15 is 0 Å². The number of rotatable bonds is 4. The zero-order valence-electron chi connectivity index (χ0n) is 13.7. The van der Waals surface area contributed by atoms with Crippen molar-refractivity contribution in [2.45, 2.75) is 31.1 Å². The molecule has 1 amide bonds. The first-order chi connectivity index (χ1) is 11.7. The molecule has 2 aromatic carbocycles. The highest BCUT2D eigenvalue weighted by Gasteiger charge is 2.42. The van der Waals surface area contributed by atoms with Crippen LogP contribution in [0.15, 0.2) is 54.6 Å². The van der Waals surface area contributed by atoms with Crippen molar-refractivity contribution in [1.82, 2.24) is 0 Å². The van der Waals surface area contributed by atoms with E-state index in [9.17, 15) is 9.59 Å². The van der Waals surface area contributed by atoms with Crippen molar-refractivity contribution in [3.63, 3.8) is 0 Å². The largest absolute Gasteiger partial charge is 0.465 e. The predicted octanol–water partition coefficient (Wildman–Crippen LogP) is 3.92. The van der Waals surface area contributed by atoms with Crippen molar-refractivity contribution in [1.29, 1.82) is 0 Å². The highest BCUT2D eigenvalue weighted by Crippen LogP contribution is 2.42. The molecule has 0 unspecified atom stereocenters. The van der Waals surface area contributed by atoms with Crippen LogP contribution in [0.3, 0.4) is 0 Å². The molecule has 0 radical (unpaired) electrons. The summed E-state index contributed by atoms with van der Waals surface area (Å²) in [5.41, 5.74) is 1.78. The predicted molar refractivity (Wildman–Crippen MR) is 93.0 cm³/mol. The lowest BCUT2D eigenvalue weighted by molar-refractivity contribution is -0.121. The normalized spacial score (nSPS) is 15.7. The highest BCUT2D eigenvalue weighted by molar-refractivity contribution is 6.00. The molecule has 24 heavy (non-hydrogen) atoms. The number of carbonyl (C=O) groups excluding carboxylic acids is 2. The molecule has 1 fully saturated rings. The summed E-state index contributed by atoms with van der Waals surface area (Å²) >= 11 is 0. The Morgan fingerprint density at radius 3 is 2.17 bits per heavy atom. The van der Waals surface area contributed by atoms with Gasteiger partial charge in [0, 0.05) is 5.69 Å². The number of amides is 1. The lowest BCUT2D eigenvalue weighted by Gasteiger charge is -2.28. The van der Waals surface area contributed by atoms with Crippen LogP contribution in [-0.2, 0) is 14.9 Å². The quantitative estimate of drug-likeness (QED) is 0.868. The third-order valence-electron chi connectivity index (χ3n) is 4.78. The maximum atomic E-state index is 13.0. The van der Waals surface area contributed by atoms with Gasteiger partial charge in [0.25, 0.3) is 0 Å². The molecule has 4 heteroatoms. The van der Waals surface area contributed by atoms with Crippen LogP contribution in [-0.4, -0.2) is 19.0 Å². The molecular formula is C20H21NO3. The summed E-state index contributed by atoms with van der Waals surface area (Å²) in [6.07, 6.45) is 3.85. The summed E-state index contributed by atoms with van der Waals surface area (Å²) in [6, 6.07) is 16.8. The van der Waals surface area contributed by atoms with Gasteiger partial charge in [-0.2, -0.15) is 0 Å². The third-order valence-corrected chi connectivity index (χ3v) is 4.78. The minimum Gasteiger partial charge on any atom is -0.465 e. The van der Waals surface area contributed by atoms with Crippen molar-refractivity contribution in [2.75, 3.05) is 12.4 Å². The number of methoxy groups -OCH3 is 1. The van der Waals surface area contributed by atoms with Crippen molar-refractivity contribution >= 4 is 17.6 Å². The average Bonchev–Trinajstić information content (AvgIpc) is 3.13. The molecule has 2 aromatic rings. The first-order valence-electron chi connectivity index (χ1n) is 8.21. The number of hydrogen-bond donors (Lipinski definition) is 1. The van der Waals surface area contributed by atoms with E-state index in [0.717, 1.165) is 31.2 Å². The van der Waals surface area contributed by atoms with Crippen molar-refractivity contribution < 1.29 is 14.3 Å². The number of anilines is 1. The Bertz CT molecular complexity index is 716. The van der Waals surface area contributed by atoms with Crippen LogP contribution >= 0.6 is 0 Å². The molecule has 0 spiro atoms. The number of carbonyl (C=O) groups is 2. The summed E-state index contributed by atoms with van der Waals surface area (Å²) in [5.74, 6) is -0.360. The minimum absolute atomic E-state index is 0.0250. The van der Waals surface area contributed by atoms with Gasteiger partial charge in [-0.25, -0.2) is 4.79 Å². The topological polar surface area (TPSA) is 55.4 Å². The fourth-order valence-electron chi connectivity index (χ4n) is 3.44. The molecule has 1 aliphatic carbocycles. The van der Waals surface area contributed by atoms with Crippen molar-refractivity contribution in [3.05, 3.63) is 65.7 Å². The summed E-state index contributed by atoms with van der Waals surface area (Å²) in [5, 5.41) is 3.02. The molecular weight excluding hydrogens is 302 g/mol. The number of esters is 1. The molecule has 1 aliphatic rings. The average molecular weight is 323 g/mol. The molecule has 1 saturated carbocycles. The van der Waals surface area contributed by atoms with E-state index in [2.05, 4.69) is 10.1 Å². The number of hydrogen-bond acceptors (Lipinski definition) is 3. The fourth-order valence-corrected chi connectivity index (χ4v) is 3.44. The Kier molecular flexibility index (Phi) is 4.65. The Balaban J connectivity index is 1.81. The molecule has 1 N–H and O–H groups in total. The second kappa shape index (κ2) is 6.87. The maximum absolute atomic E-state index is 13.0. The molecule has 0 heterocycles. The second-order valence-electron chi connectivity index (χ2n) is 6.18. The molecule has 4 nitrogen and oxygen atoms in total. The number of nitrogens with one attached hydrogen (secondary N) is 1. The van der Waals surface area contributed by atoms with Crippen LogP contribution in [0.4, 0.5) is 5.69 Å². The first kappa shape index (κ1) is 16.2. The molecule has 0 atom stereocenters. The highest BCUT2D eigenvalue weighted by atomic mass is 16.5. The van der Waals surface area contributed by atoms with Crippen LogP contribution in [0.1, 0.15) is 41.6 Å². The van der Waals surface area contributed by atoms with Crippen LogP contribution in [0.2, 0.25) is 0 Å². The van der Waals surface area contributed by atoms with Gasteiger partial charge in [0.15, 0.2) is 0 Å². The SMILES string of the molecule is COC(=O)c1ccc(NC(=O)C2(c3ccccc3)CCCC2)cc1. The van der Waals surface area contributed by atoms with Gasteiger partial charge in [-0.1, -0.05) is 43.2 Å². The Morgan fingerprint density at radius 1 is 0.958 bits per heavy atom. The smallest absolute Gasteiger partial charge is 0.337 e. The maximum Gasteiger partial charge on any atom is 0.337 e. The van der Waals surface area contributed by atoms with Gasteiger partial charge < -0.3 is 10.1 Å². The van der Waals surface area contributed by atoms with E-state index in [4.69, 9.17) is 0 Å². The molecule has 124 valence electrons. The van der Waals surface area contributed by atoms with Gasteiger partial charge in [-0.15, -0.1) is 0 Å². The zero-order chi connectivity index (χ0) is 17.0. The standard InChI is InChI=1S/C20H21NO3/c1-24-18(22)15-9-11-17(12-10-15)21-19(23)20(13-5-6-14-20)16-7-3-2-4-8-16/h2-4,7-12H,5-6,13-14H2,1H3,(H,21,23). The van der Waals surface area contributed by atoms with E-state index in [0.29, 0.717) is 11.3 Å². The fraction of sp³-hybridized carbons (Fsp3) is 0.300. The van der Waals surface area contributed by atoms with E-state index < -0.39 is 5.41 Å². The monoisotopic (exact) mass is 323 g/mol. The van der Waals surface area contributed by atoms with E-state index in [1.165, 1.54) is 7.11 Å². The van der Waals surface area contributed by atoms with Gasteiger partial charge in [-0.05, 0) is 42.7 Å². The van der Waals surface area contributed by atoms with Crippen molar-refractivity contribution in [3.8, 4) is 0 Å². The van der Waals surface area contributed by atoms with E-state index in [1.54, 1.807) is 24.3 Å². The Hall–Kier alpha value is -2.62. The number of benzene rings is 2. The summed E-state index contributed by atoms with van der Waals surface area (Å²) in [6.45, 7) is 0. The minimum atomic E-state index is -0.456. The Morgan fingerprint density at radius 2 is 1.58 bits per heavy atom. The second-order valence-corrected chi connectivity index (χ2v) is 6.18. The van der Waals surface area contributed by atoms with Crippen molar-refractivity contribution in [2.24, 2.45) is 0 Å². The molecule has 0 bridgehead atoms. The van der Waals surface area contributed by atoms with E-state index in [-0.39, 0.29) is 11.9 Å². The molecule has 0 saturated heterocycles. The van der Waals surface area contributed by atoms with Crippen LogP contribution in [0.5, 0.6) is 0 Å². The summed E-state index contributed by atoms with van der Waals surface area (Å²) in [7, 11) is 1.35. The van der Waals surface area contributed by atoms with Crippen LogP contribution < -0.4 is 5.32 Å². The van der Waals surface area contributed by atoms with Crippen LogP contribution in [0, 0.1) is 0 Å². The molecule has 0 aliphatic heterocycles. The first-order valence-corrected chi connectivity index (χ1v) is 8.21. The number of ether oxygens (including phenoxy) is 1. The lowest BCUT2D eigenvalue weighted by Crippen LogP contribution is -2.37. The third kappa shape index (κ3) is 3.04. The molecule has 0 aromatic heterocycles. The van der Waals surface area contributed by atoms with E-state index in [1.807, 2.05) is 30.3 Å². The summed E-state index contributed by atoms with van der Waals surface area (Å²) < 4.78 is 4.69. The Labute approximate surface area is 141 Å². The van der Waals surface area contributed by atoms with Gasteiger partial charge in [0.05, 0.1) is 18.1 Å². The molecule has 3 rings (SSSR count). The zero-order valence-corrected chi connectivity index (χ0v) is 13.7. The van der Waals surface area contributed by atoms with Crippen LogP contribution in [0.25, 0.3) is 0 Å². The van der Waals surface area contributed by atoms with Gasteiger partial charge in [0.1, 0.15) is 0 Å². The van der Waals surface area contributed by atoms with Gasteiger partial charge in [-0.3, -0.25) is 4.79 Å². The lowest BCUT2D eigenvalue weighted by atomic mass is 9.78. The van der Waals surface area contributed by atoms with Gasteiger partial charge in [0.2, 0.25) is 5.91 Å².